The highest BCUT2D eigenvalue weighted by atomic mass is 32.2. The summed E-state index contributed by atoms with van der Waals surface area (Å²) in [5.41, 5.74) is 3.27. The fourth-order valence-electron chi connectivity index (χ4n) is 4.49. The van der Waals surface area contributed by atoms with Gasteiger partial charge in [-0.2, -0.15) is 0 Å². The Morgan fingerprint density at radius 3 is 2.34 bits per heavy atom. The van der Waals surface area contributed by atoms with Crippen LogP contribution in [0.2, 0.25) is 0 Å². The molecule has 1 heterocycles. The molecule has 0 saturated heterocycles. The molecule has 3 aromatic rings. The minimum absolute atomic E-state index is 0.0699. The minimum atomic E-state index is -3.96. The van der Waals surface area contributed by atoms with Gasteiger partial charge in [0.05, 0.1) is 17.2 Å². The fraction of sp³-hybridized carbons (Fsp3) is 0.433. The van der Waals surface area contributed by atoms with E-state index in [-0.39, 0.29) is 35.1 Å². The second-order valence-electron chi connectivity index (χ2n) is 10.3. The number of methoxy groups -OCH3 is 1. The fourth-order valence-corrected chi connectivity index (χ4v) is 5.77. The van der Waals surface area contributed by atoms with Crippen molar-refractivity contribution in [3.8, 4) is 11.1 Å². The Labute approximate surface area is 242 Å². The Hall–Kier alpha value is -3.70. The first kappa shape index (κ1) is 31.8. The Balaban J connectivity index is 1.76. The van der Waals surface area contributed by atoms with Crippen molar-refractivity contribution in [3.05, 3.63) is 65.4 Å². The normalized spacial score (nSPS) is 12.3. The van der Waals surface area contributed by atoms with Gasteiger partial charge in [-0.3, -0.25) is 9.59 Å². The molecule has 10 nitrogen and oxygen atoms in total. The van der Waals surface area contributed by atoms with Crippen molar-refractivity contribution in [2.75, 3.05) is 25.0 Å². The lowest BCUT2D eigenvalue weighted by Gasteiger charge is -2.33. The first-order valence-corrected chi connectivity index (χ1v) is 15.2. The van der Waals surface area contributed by atoms with E-state index in [4.69, 9.17) is 9.26 Å². The van der Waals surface area contributed by atoms with Crippen molar-refractivity contribution in [1.29, 1.82) is 0 Å². The van der Waals surface area contributed by atoms with Crippen LogP contribution in [0.5, 0.6) is 0 Å². The zero-order valence-electron chi connectivity index (χ0n) is 24.6. The van der Waals surface area contributed by atoms with Crippen LogP contribution in [0.1, 0.15) is 50.4 Å². The third kappa shape index (κ3) is 7.95. The van der Waals surface area contributed by atoms with Gasteiger partial charge in [0.15, 0.2) is 0 Å². The van der Waals surface area contributed by atoms with Gasteiger partial charge < -0.3 is 19.5 Å². The van der Waals surface area contributed by atoms with Gasteiger partial charge in [0.2, 0.25) is 17.7 Å². The zero-order chi connectivity index (χ0) is 30.2. The molecule has 222 valence electrons. The number of carbonyl (C=O) groups excluding carboxylic acids is 2. The molecule has 2 aromatic carbocycles. The number of amides is 2. The highest BCUT2D eigenvalue weighted by molar-refractivity contribution is 7.92. The number of aromatic nitrogens is 1. The summed E-state index contributed by atoms with van der Waals surface area (Å²) < 4.78 is 39.3. The molecule has 0 aliphatic rings. The summed E-state index contributed by atoms with van der Waals surface area (Å²) in [5.74, 6) is -0.309. The lowest BCUT2D eigenvalue weighted by molar-refractivity contribution is -0.143. The molecule has 0 bridgehead atoms. The quantitative estimate of drug-likeness (QED) is 0.281. The second-order valence-corrected chi connectivity index (χ2v) is 11.9. The minimum Gasteiger partial charge on any atom is -0.383 e. The van der Waals surface area contributed by atoms with E-state index in [2.05, 4.69) is 15.2 Å². The van der Waals surface area contributed by atoms with E-state index < -0.39 is 16.1 Å². The number of benzene rings is 2. The summed E-state index contributed by atoms with van der Waals surface area (Å²) in [7, 11) is -2.39. The summed E-state index contributed by atoms with van der Waals surface area (Å²) in [6, 6.07) is 13.4. The predicted octanol–water partition coefficient (Wildman–Crippen LogP) is 4.68. The van der Waals surface area contributed by atoms with Crippen LogP contribution in [0.3, 0.4) is 0 Å². The van der Waals surface area contributed by atoms with Gasteiger partial charge in [0.1, 0.15) is 6.04 Å². The molecule has 0 radical (unpaired) electrons. The number of anilines is 1. The largest absolute Gasteiger partial charge is 0.383 e. The number of nitrogens with zero attached hydrogens (tertiary/aromatic N) is 2. The highest BCUT2D eigenvalue weighted by Gasteiger charge is 2.31. The molecule has 0 saturated carbocycles. The number of hydrogen-bond donors (Lipinski definition) is 2. The molecule has 3 rings (SSSR count). The molecule has 11 heteroatoms. The smallest absolute Gasteiger partial charge is 0.264 e. The van der Waals surface area contributed by atoms with Crippen molar-refractivity contribution in [3.63, 3.8) is 0 Å². The topological polar surface area (TPSA) is 131 Å². The number of sulfonamides is 1. The number of nitrogens with one attached hydrogen (secondary N) is 2. The lowest BCUT2D eigenvalue weighted by atomic mass is 10.00. The van der Waals surface area contributed by atoms with Crippen LogP contribution in [0, 0.1) is 19.8 Å². The third-order valence-corrected chi connectivity index (χ3v) is 8.24. The van der Waals surface area contributed by atoms with Gasteiger partial charge in [0.25, 0.3) is 10.0 Å². The predicted molar refractivity (Wildman–Crippen MR) is 158 cm³/mol. The van der Waals surface area contributed by atoms with Crippen molar-refractivity contribution in [2.24, 2.45) is 5.92 Å². The van der Waals surface area contributed by atoms with Gasteiger partial charge >= 0.3 is 0 Å². The summed E-state index contributed by atoms with van der Waals surface area (Å²) in [6.45, 7) is 10.2. The standard InChI is InChI=1S/C30H40N4O6S/c1-7-10-27(35)34(17-18-39-6)28(20(2)3)29(36)31-19-23-13-15-24(16-14-23)25-11-8-9-12-26(25)41(37,38)33-30-21(4)22(5)32-40-30/h8-9,11-16,20,28,33H,7,10,17-19H2,1-6H3,(H,31,36)/t28-/m0/s1. The molecule has 1 atom stereocenters. The third-order valence-electron chi connectivity index (χ3n) is 6.85. The van der Waals surface area contributed by atoms with Crippen molar-refractivity contribution >= 4 is 27.7 Å². The van der Waals surface area contributed by atoms with Gasteiger partial charge in [-0.05, 0) is 43.4 Å². The Morgan fingerprint density at radius 1 is 1.07 bits per heavy atom. The van der Waals surface area contributed by atoms with Crippen LogP contribution < -0.4 is 10.0 Å². The lowest BCUT2D eigenvalue weighted by Crippen LogP contribution is -2.53. The van der Waals surface area contributed by atoms with E-state index in [0.717, 1.165) is 5.56 Å². The molecule has 1 aromatic heterocycles. The summed E-state index contributed by atoms with van der Waals surface area (Å²) >= 11 is 0. The van der Waals surface area contributed by atoms with Crippen molar-refractivity contribution in [2.45, 2.75) is 64.9 Å². The van der Waals surface area contributed by atoms with E-state index in [0.29, 0.717) is 48.4 Å². The second kappa shape index (κ2) is 14.3. The van der Waals surface area contributed by atoms with Crippen LogP contribution in [0.15, 0.2) is 57.9 Å². The average Bonchev–Trinajstić information content (AvgIpc) is 3.25. The first-order chi connectivity index (χ1) is 19.5. The Kier molecular flexibility index (Phi) is 11.1. The van der Waals surface area contributed by atoms with E-state index in [1.807, 2.05) is 45.0 Å². The van der Waals surface area contributed by atoms with Crippen LogP contribution >= 0.6 is 0 Å². The number of rotatable bonds is 14. The summed E-state index contributed by atoms with van der Waals surface area (Å²) in [4.78, 5) is 27.8. The summed E-state index contributed by atoms with van der Waals surface area (Å²) in [6.07, 6.45) is 1.06. The van der Waals surface area contributed by atoms with Gasteiger partial charge in [-0.1, -0.05) is 68.4 Å². The van der Waals surface area contributed by atoms with Crippen molar-refractivity contribution in [1.82, 2.24) is 15.4 Å². The first-order valence-electron chi connectivity index (χ1n) is 13.7. The van der Waals surface area contributed by atoms with Gasteiger partial charge in [-0.15, -0.1) is 0 Å². The maximum atomic E-state index is 13.3. The molecular formula is C30H40N4O6S. The molecule has 2 N–H and O–H groups in total. The van der Waals surface area contributed by atoms with E-state index >= 15 is 0 Å². The molecule has 0 aliphatic heterocycles. The SMILES string of the molecule is CCCC(=O)N(CCOC)[C@H](C(=O)NCc1ccc(-c2ccccc2S(=O)(=O)Nc2onc(C)c2C)cc1)C(C)C. The molecule has 0 spiro atoms. The number of hydrogen-bond acceptors (Lipinski definition) is 7. The zero-order valence-corrected chi connectivity index (χ0v) is 25.4. The van der Waals surface area contributed by atoms with Crippen LogP contribution in [-0.2, 0) is 30.9 Å². The number of ether oxygens (including phenoxy) is 1. The van der Waals surface area contributed by atoms with Crippen LogP contribution in [0.25, 0.3) is 11.1 Å². The van der Waals surface area contributed by atoms with Gasteiger partial charge in [-0.25, -0.2) is 13.1 Å². The monoisotopic (exact) mass is 584 g/mol. The molecule has 0 aliphatic carbocycles. The van der Waals surface area contributed by atoms with E-state index in [9.17, 15) is 18.0 Å². The van der Waals surface area contributed by atoms with Crippen LogP contribution in [0.4, 0.5) is 5.88 Å². The molecular weight excluding hydrogens is 544 g/mol. The summed E-state index contributed by atoms with van der Waals surface area (Å²) in [5, 5.41) is 6.78. The number of carbonyl (C=O) groups is 2. The molecule has 41 heavy (non-hydrogen) atoms. The van der Waals surface area contributed by atoms with Crippen LogP contribution in [-0.4, -0.2) is 56.6 Å². The maximum Gasteiger partial charge on any atom is 0.264 e. The van der Waals surface area contributed by atoms with E-state index in [1.165, 1.54) is 6.07 Å². The maximum absolute atomic E-state index is 13.3. The average molecular weight is 585 g/mol. The number of aryl methyl sites for hydroxylation is 1. The highest BCUT2D eigenvalue weighted by Crippen LogP contribution is 2.30. The Bertz CT molecular complexity index is 1430. The molecule has 2 amide bonds. The van der Waals surface area contributed by atoms with Crippen molar-refractivity contribution < 1.29 is 27.3 Å². The Morgan fingerprint density at radius 2 is 1.76 bits per heavy atom. The van der Waals surface area contributed by atoms with E-state index in [1.54, 1.807) is 44.1 Å². The van der Waals surface area contributed by atoms with Gasteiger partial charge in [0, 0.05) is 37.7 Å². The molecule has 0 unspecified atom stereocenters. The molecule has 0 fully saturated rings.